The highest BCUT2D eigenvalue weighted by molar-refractivity contribution is 5.36. The van der Waals surface area contributed by atoms with Gasteiger partial charge in [-0.05, 0) is 32.8 Å². The fourth-order valence-electron chi connectivity index (χ4n) is 1.37. The van der Waals surface area contributed by atoms with E-state index < -0.39 is 0 Å². The van der Waals surface area contributed by atoms with Gasteiger partial charge in [-0.1, -0.05) is 0 Å². The van der Waals surface area contributed by atoms with Crippen molar-refractivity contribution in [3.05, 3.63) is 18.1 Å². The Bertz CT molecular complexity index is 347. The smallest absolute Gasteiger partial charge is 0.133 e. The number of anilines is 1. The van der Waals surface area contributed by atoms with Crippen molar-refractivity contribution in [3.8, 4) is 0 Å². The Morgan fingerprint density at radius 1 is 1.53 bits per heavy atom. The molecule has 4 nitrogen and oxygen atoms in total. The van der Waals surface area contributed by atoms with Crippen molar-refractivity contribution in [2.75, 3.05) is 11.9 Å². The predicted octanol–water partition coefficient (Wildman–Crippen LogP) is 1.54. The molecule has 82 valence electrons. The molecule has 1 saturated carbocycles. The largest absolute Gasteiger partial charge is 0.394 e. The van der Waals surface area contributed by atoms with Crippen LogP contribution in [0, 0.1) is 0 Å². The average molecular weight is 207 g/mol. The molecule has 0 unspecified atom stereocenters. The van der Waals surface area contributed by atoms with E-state index in [1.807, 2.05) is 19.9 Å². The first kappa shape index (κ1) is 10.4. The van der Waals surface area contributed by atoms with Crippen LogP contribution in [0.15, 0.2) is 12.3 Å². The van der Waals surface area contributed by atoms with Crippen LogP contribution in [0.3, 0.4) is 0 Å². The molecule has 0 amide bonds. The highest BCUT2D eigenvalue weighted by atomic mass is 16.3. The number of rotatable bonds is 4. The van der Waals surface area contributed by atoms with Crippen LogP contribution in [-0.4, -0.2) is 27.2 Å². The van der Waals surface area contributed by atoms with Crippen LogP contribution < -0.4 is 5.32 Å². The van der Waals surface area contributed by atoms with Crippen LogP contribution in [0.1, 0.15) is 38.4 Å². The van der Waals surface area contributed by atoms with E-state index in [0.717, 1.165) is 11.6 Å². The van der Waals surface area contributed by atoms with Crippen LogP contribution in [-0.2, 0) is 0 Å². The fraction of sp³-hybridized carbons (Fsp3) is 0.636. The van der Waals surface area contributed by atoms with Crippen LogP contribution in [0.25, 0.3) is 0 Å². The van der Waals surface area contributed by atoms with Crippen molar-refractivity contribution in [2.24, 2.45) is 0 Å². The zero-order chi connectivity index (χ0) is 10.9. The first-order chi connectivity index (χ1) is 7.11. The molecule has 0 spiro atoms. The molecule has 0 aromatic carbocycles. The SMILES string of the molecule is CC(C)(CO)Nc1ccnc(C2CC2)n1. The van der Waals surface area contributed by atoms with Gasteiger partial charge < -0.3 is 10.4 Å². The van der Waals surface area contributed by atoms with E-state index in [4.69, 9.17) is 5.11 Å². The Labute approximate surface area is 89.8 Å². The molecule has 1 fully saturated rings. The highest BCUT2D eigenvalue weighted by Crippen LogP contribution is 2.38. The number of hydrogen-bond acceptors (Lipinski definition) is 4. The lowest BCUT2D eigenvalue weighted by Crippen LogP contribution is -2.35. The van der Waals surface area contributed by atoms with Gasteiger partial charge in [0, 0.05) is 12.1 Å². The van der Waals surface area contributed by atoms with Crippen molar-refractivity contribution in [1.82, 2.24) is 9.97 Å². The number of nitrogens with one attached hydrogen (secondary N) is 1. The molecule has 0 bridgehead atoms. The third kappa shape index (κ3) is 2.65. The molecular formula is C11H17N3O. The van der Waals surface area contributed by atoms with Gasteiger partial charge in [0.1, 0.15) is 11.6 Å². The van der Waals surface area contributed by atoms with Crippen molar-refractivity contribution in [3.63, 3.8) is 0 Å². The Kier molecular flexibility index (Phi) is 2.61. The van der Waals surface area contributed by atoms with Crippen LogP contribution in [0.5, 0.6) is 0 Å². The second-order valence-corrected chi connectivity index (χ2v) is 4.74. The normalized spacial score (nSPS) is 16.5. The maximum Gasteiger partial charge on any atom is 0.133 e. The minimum atomic E-state index is -0.338. The minimum Gasteiger partial charge on any atom is -0.394 e. The molecule has 4 heteroatoms. The molecule has 1 aliphatic carbocycles. The number of aliphatic hydroxyl groups is 1. The number of aliphatic hydroxyl groups excluding tert-OH is 1. The van der Waals surface area contributed by atoms with Gasteiger partial charge in [0.25, 0.3) is 0 Å². The summed E-state index contributed by atoms with van der Waals surface area (Å²) < 4.78 is 0. The van der Waals surface area contributed by atoms with E-state index >= 15 is 0 Å². The van der Waals surface area contributed by atoms with Crippen molar-refractivity contribution >= 4 is 5.82 Å². The van der Waals surface area contributed by atoms with Crippen molar-refractivity contribution < 1.29 is 5.11 Å². The van der Waals surface area contributed by atoms with Gasteiger partial charge in [0.05, 0.1) is 12.1 Å². The first-order valence-corrected chi connectivity index (χ1v) is 5.33. The van der Waals surface area contributed by atoms with Gasteiger partial charge in [0.15, 0.2) is 0 Å². The van der Waals surface area contributed by atoms with E-state index in [9.17, 15) is 0 Å². The summed E-state index contributed by atoms with van der Waals surface area (Å²) in [6.07, 6.45) is 4.18. The summed E-state index contributed by atoms with van der Waals surface area (Å²) in [6.45, 7) is 3.95. The van der Waals surface area contributed by atoms with Crippen LogP contribution in [0.4, 0.5) is 5.82 Å². The zero-order valence-electron chi connectivity index (χ0n) is 9.20. The van der Waals surface area contributed by atoms with Crippen LogP contribution >= 0.6 is 0 Å². The maximum atomic E-state index is 9.14. The van der Waals surface area contributed by atoms with Gasteiger partial charge in [-0.15, -0.1) is 0 Å². The summed E-state index contributed by atoms with van der Waals surface area (Å²) in [7, 11) is 0. The van der Waals surface area contributed by atoms with Gasteiger partial charge >= 0.3 is 0 Å². The lowest BCUT2D eigenvalue weighted by Gasteiger charge is -2.24. The zero-order valence-corrected chi connectivity index (χ0v) is 9.20. The Morgan fingerprint density at radius 2 is 2.27 bits per heavy atom. The van der Waals surface area contributed by atoms with E-state index in [-0.39, 0.29) is 12.1 Å². The average Bonchev–Trinajstić information content (AvgIpc) is 3.01. The van der Waals surface area contributed by atoms with Gasteiger partial charge in [-0.3, -0.25) is 0 Å². The fourth-order valence-corrected chi connectivity index (χ4v) is 1.37. The molecule has 1 aromatic heterocycles. The van der Waals surface area contributed by atoms with Gasteiger partial charge in [0.2, 0.25) is 0 Å². The monoisotopic (exact) mass is 207 g/mol. The molecule has 0 aliphatic heterocycles. The highest BCUT2D eigenvalue weighted by Gasteiger charge is 2.27. The standard InChI is InChI=1S/C11H17N3O/c1-11(2,7-15)14-9-5-6-12-10(13-9)8-3-4-8/h5-6,8,15H,3-4,7H2,1-2H3,(H,12,13,14). The van der Waals surface area contributed by atoms with Gasteiger partial charge in [-0.2, -0.15) is 0 Å². The van der Waals surface area contributed by atoms with Crippen molar-refractivity contribution in [1.29, 1.82) is 0 Å². The predicted molar refractivity (Wildman–Crippen MR) is 58.8 cm³/mol. The summed E-state index contributed by atoms with van der Waals surface area (Å²) in [5.74, 6) is 2.28. The minimum absolute atomic E-state index is 0.0791. The molecule has 2 rings (SSSR count). The molecule has 2 N–H and O–H groups in total. The molecule has 0 radical (unpaired) electrons. The summed E-state index contributed by atoms with van der Waals surface area (Å²) >= 11 is 0. The Balaban J connectivity index is 2.11. The second kappa shape index (κ2) is 3.77. The molecule has 0 saturated heterocycles. The second-order valence-electron chi connectivity index (χ2n) is 4.74. The molecule has 1 aliphatic rings. The van der Waals surface area contributed by atoms with E-state index in [1.165, 1.54) is 12.8 Å². The number of hydrogen-bond donors (Lipinski definition) is 2. The molecule has 1 heterocycles. The Morgan fingerprint density at radius 3 is 2.87 bits per heavy atom. The summed E-state index contributed by atoms with van der Waals surface area (Å²) in [4.78, 5) is 8.68. The maximum absolute atomic E-state index is 9.14. The van der Waals surface area contributed by atoms with Crippen LogP contribution in [0.2, 0.25) is 0 Å². The summed E-state index contributed by atoms with van der Waals surface area (Å²) in [5, 5.41) is 12.3. The van der Waals surface area contributed by atoms with E-state index in [1.54, 1.807) is 6.20 Å². The lowest BCUT2D eigenvalue weighted by atomic mass is 10.1. The van der Waals surface area contributed by atoms with Gasteiger partial charge in [-0.25, -0.2) is 9.97 Å². The molecule has 1 aromatic rings. The van der Waals surface area contributed by atoms with Crippen molar-refractivity contribution in [2.45, 2.75) is 38.1 Å². The number of nitrogens with zero attached hydrogens (tertiary/aromatic N) is 2. The summed E-state index contributed by atoms with van der Waals surface area (Å²) in [6, 6.07) is 1.84. The molecular weight excluding hydrogens is 190 g/mol. The quantitative estimate of drug-likeness (QED) is 0.786. The lowest BCUT2D eigenvalue weighted by molar-refractivity contribution is 0.234. The summed E-state index contributed by atoms with van der Waals surface area (Å²) in [5.41, 5.74) is -0.338. The van der Waals surface area contributed by atoms with E-state index in [0.29, 0.717) is 5.92 Å². The van der Waals surface area contributed by atoms with E-state index in [2.05, 4.69) is 15.3 Å². The third-order valence-corrected chi connectivity index (χ3v) is 2.48. The Hall–Kier alpha value is -1.16. The molecule has 0 atom stereocenters. The topological polar surface area (TPSA) is 58.0 Å². The third-order valence-electron chi connectivity index (χ3n) is 2.48. The first-order valence-electron chi connectivity index (χ1n) is 5.33. The molecule has 15 heavy (non-hydrogen) atoms. The number of aromatic nitrogens is 2.